The van der Waals surface area contributed by atoms with E-state index in [2.05, 4.69) is 34.6 Å². The minimum atomic E-state index is -0.0294. The van der Waals surface area contributed by atoms with Gasteiger partial charge in [0.1, 0.15) is 0 Å². The molecule has 0 spiro atoms. The molecule has 0 aromatic rings. The van der Waals surface area contributed by atoms with Crippen molar-refractivity contribution in [1.82, 2.24) is 0 Å². The molecule has 2 unspecified atom stereocenters. The van der Waals surface area contributed by atoms with Crippen molar-refractivity contribution >= 4 is 0 Å². The molecule has 86 valence electrons. The average Bonchev–Trinajstić information content (AvgIpc) is 2.17. The lowest BCUT2D eigenvalue weighted by atomic mass is 9.70. The van der Waals surface area contributed by atoms with Crippen LogP contribution >= 0.6 is 0 Å². The lowest BCUT2D eigenvalue weighted by Gasteiger charge is -2.40. The van der Waals surface area contributed by atoms with Gasteiger partial charge < -0.3 is 11.5 Å². The Hall–Kier alpha value is -0.0800. The first-order valence-corrected chi connectivity index (χ1v) is 5.88. The molecule has 0 heterocycles. The Labute approximate surface area is 89.4 Å². The standard InChI is InChI=1S/C12H28N2/c1-6-11(5,10(4)13)9-12(14,7-2)8-3/h10H,6-9,13-14H2,1-5H3. The Kier molecular flexibility index (Phi) is 5.10. The Bertz CT molecular complexity index is 162. The third-order valence-electron chi connectivity index (χ3n) is 4.07. The molecule has 0 aliphatic heterocycles. The second kappa shape index (κ2) is 5.13. The minimum absolute atomic E-state index is 0.0294. The van der Waals surface area contributed by atoms with E-state index >= 15 is 0 Å². The zero-order chi connectivity index (χ0) is 11.4. The molecule has 4 N–H and O–H groups in total. The van der Waals surface area contributed by atoms with Gasteiger partial charge in [0.05, 0.1) is 0 Å². The van der Waals surface area contributed by atoms with Crippen LogP contribution in [0.2, 0.25) is 0 Å². The summed E-state index contributed by atoms with van der Waals surface area (Å²) in [6, 6.07) is 0.216. The van der Waals surface area contributed by atoms with Crippen LogP contribution in [0, 0.1) is 5.41 Å². The lowest BCUT2D eigenvalue weighted by molar-refractivity contribution is 0.163. The van der Waals surface area contributed by atoms with E-state index in [0.29, 0.717) is 0 Å². The fourth-order valence-corrected chi connectivity index (χ4v) is 1.91. The van der Waals surface area contributed by atoms with E-state index in [9.17, 15) is 0 Å². The van der Waals surface area contributed by atoms with Crippen molar-refractivity contribution in [2.75, 3.05) is 0 Å². The van der Waals surface area contributed by atoms with Gasteiger partial charge >= 0.3 is 0 Å². The highest BCUT2D eigenvalue weighted by Gasteiger charge is 2.34. The summed E-state index contributed by atoms with van der Waals surface area (Å²) < 4.78 is 0. The van der Waals surface area contributed by atoms with E-state index in [1.165, 1.54) is 0 Å². The van der Waals surface area contributed by atoms with Crippen LogP contribution in [0.1, 0.15) is 60.3 Å². The van der Waals surface area contributed by atoms with Gasteiger partial charge in [-0.25, -0.2) is 0 Å². The van der Waals surface area contributed by atoms with E-state index < -0.39 is 0 Å². The van der Waals surface area contributed by atoms with E-state index in [1.54, 1.807) is 0 Å². The summed E-state index contributed by atoms with van der Waals surface area (Å²) in [6.07, 6.45) is 4.20. The van der Waals surface area contributed by atoms with Crippen LogP contribution in [0.5, 0.6) is 0 Å². The SMILES string of the molecule is CCC(N)(CC)CC(C)(CC)C(C)N. The fraction of sp³-hybridized carbons (Fsp3) is 1.00. The van der Waals surface area contributed by atoms with Crippen LogP contribution < -0.4 is 11.5 Å². The highest BCUT2D eigenvalue weighted by atomic mass is 14.8. The highest BCUT2D eigenvalue weighted by Crippen LogP contribution is 2.35. The van der Waals surface area contributed by atoms with Gasteiger partial charge in [0.25, 0.3) is 0 Å². The van der Waals surface area contributed by atoms with Crippen molar-refractivity contribution in [2.24, 2.45) is 16.9 Å². The maximum absolute atomic E-state index is 6.34. The first-order valence-electron chi connectivity index (χ1n) is 5.88. The number of rotatable bonds is 6. The van der Waals surface area contributed by atoms with Gasteiger partial charge in [0.2, 0.25) is 0 Å². The van der Waals surface area contributed by atoms with Crippen molar-refractivity contribution < 1.29 is 0 Å². The van der Waals surface area contributed by atoms with Crippen LogP contribution in [0.15, 0.2) is 0 Å². The summed E-state index contributed by atoms with van der Waals surface area (Å²) in [5.41, 5.74) is 12.5. The third kappa shape index (κ3) is 3.25. The third-order valence-corrected chi connectivity index (χ3v) is 4.07. The van der Waals surface area contributed by atoms with E-state index in [1.807, 2.05) is 0 Å². The van der Waals surface area contributed by atoms with Gasteiger partial charge in [0, 0.05) is 11.6 Å². The molecule has 14 heavy (non-hydrogen) atoms. The molecule has 0 aromatic heterocycles. The molecule has 0 saturated carbocycles. The van der Waals surface area contributed by atoms with Crippen molar-refractivity contribution in [1.29, 1.82) is 0 Å². The van der Waals surface area contributed by atoms with Crippen LogP contribution in [0.4, 0.5) is 0 Å². The Balaban J connectivity index is 4.59. The zero-order valence-electron chi connectivity index (χ0n) is 10.6. The Morgan fingerprint density at radius 3 is 1.71 bits per heavy atom. The number of hydrogen-bond acceptors (Lipinski definition) is 2. The van der Waals surface area contributed by atoms with E-state index in [-0.39, 0.29) is 17.0 Å². The van der Waals surface area contributed by atoms with Gasteiger partial charge in [0.15, 0.2) is 0 Å². The average molecular weight is 200 g/mol. The molecule has 0 amide bonds. The van der Waals surface area contributed by atoms with Gasteiger partial charge in [-0.3, -0.25) is 0 Å². The van der Waals surface area contributed by atoms with Crippen LogP contribution in [0.3, 0.4) is 0 Å². The first kappa shape index (κ1) is 13.9. The molecule has 2 atom stereocenters. The molecular formula is C12H28N2. The smallest absolute Gasteiger partial charge is 0.0154 e. The maximum Gasteiger partial charge on any atom is 0.0154 e. The van der Waals surface area contributed by atoms with E-state index in [0.717, 1.165) is 25.7 Å². The van der Waals surface area contributed by atoms with Gasteiger partial charge in [-0.15, -0.1) is 0 Å². The number of hydrogen-bond donors (Lipinski definition) is 2. The quantitative estimate of drug-likeness (QED) is 0.692. The lowest BCUT2D eigenvalue weighted by Crippen LogP contribution is -2.48. The molecule has 0 aliphatic rings. The van der Waals surface area contributed by atoms with Gasteiger partial charge in [-0.1, -0.05) is 27.7 Å². The van der Waals surface area contributed by atoms with Crippen molar-refractivity contribution in [3.05, 3.63) is 0 Å². The summed E-state index contributed by atoms with van der Waals surface area (Å²) in [5, 5.41) is 0. The van der Waals surface area contributed by atoms with Crippen LogP contribution in [-0.4, -0.2) is 11.6 Å². The molecule has 0 saturated heterocycles. The van der Waals surface area contributed by atoms with Crippen LogP contribution in [0.25, 0.3) is 0 Å². The topological polar surface area (TPSA) is 52.0 Å². The molecule has 0 radical (unpaired) electrons. The van der Waals surface area contributed by atoms with Crippen molar-refractivity contribution in [3.8, 4) is 0 Å². The van der Waals surface area contributed by atoms with Gasteiger partial charge in [-0.05, 0) is 38.0 Å². The molecule has 0 fully saturated rings. The molecule has 2 heteroatoms. The summed E-state index contributed by atoms with van der Waals surface area (Å²) >= 11 is 0. The molecular weight excluding hydrogens is 172 g/mol. The Morgan fingerprint density at radius 2 is 1.50 bits per heavy atom. The maximum atomic E-state index is 6.34. The summed E-state index contributed by atoms with van der Waals surface area (Å²) in [4.78, 5) is 0. The van der Waals surface area contributed by atoms with Gasteiger partial charge in [-0.2, -0.15) is 0 Å². The largest absolute Gasteiger partial charge is 0.327 e. The molecule has 2 nitrogen and oxygen atoms in total. The fourth-order valence-electron chi connectivity index (χ4n) is 1.91. The summed E-state index contributed by atoms with van der Waals surface area (Å²) in [7, 11) is 0. The molecule has 0 aliphatic carbocycles. The molecule has 0 aromatic carbocycles. The Morgan fingerprint density at radius 1 is 1.07 bits per heavy atom. The molecule has 0 rings (SSSR count). The summed E-state index contributed by atoms with van der Waals surface area (Å²) in [5.74, 6) is 0. The molecule has 0 bridgehead atoms. The second-order valence-corrected chi connectivity index (χ2v) is 5.04. The predicted molar refractivity (Wildman–Crippen MR) is 64.2 cm³/mol. The first-order chi connectivity index (χ1) is 6.33. The van der Waals surface area contributed by atoms with Crippen LogP contribution in [-0.2, 0) is 0 Å². The zero-order valence-corrected chi connectivity index (χ0v) is 10.6. The van der Waals surface area contributed by atoms with E-state index in [4.69, 9.17) is 11.5 Å². The van der Waals surface area contributed by atoms with Crippen molar-refractivity contribution in [3.63, 3.8) is 0 Å². The number of nitrogens with two attached hydrogens (primary N) is 2. The second-order valence-electron chi connectivity index (χ2n) is 5.04. The predicted octanol–water partition coefficient (Wildman–Crippen LogP) is 2.66. The minimum Gasteiger partial charge on any atom is -0.327 e. The van der Waals surface area contributed by atoms with Crippen molar-refractivity contribution in [2.45, 2.75) is 71.9 Å². The highest BCUT2D eigenvalue weighted by molar-refractivity contribution is 4.92. The normalized spacial score (nSPS) is 19.1. The summed E-state index contributed by atoms with van der Waals surface area (Å²) in [6.45, 7) is 10.9. The monoisotopic (exact) mass is 200 g/mol.